The number of benzene rings is 1. The van der Waals surface area contributed by atoms with Crippen molar-refractivity contribution in [2.45, 2.75) is 32.5 Å². The normalized spacial score (nSPS) is 13.6. The first kappa shape index (κ1) is 12.8. The van der Waals surface area contributed by atoms with Crippen LogP contribution in [-0.4, -0.2) is 6.10 Å². The molecule has 1 rings (SSSR count). The van der Waals surface area contributed by atoms with Gasteiger partial charge >= 0.3 is 6.18 Å². The summed E-state index contributed by atoms with van der Waals surface area (Å²) in [5.41, 5.74) is -1.08. The van der Waals surface area contributed by atoms with E-state index in [9.17, 15) is 17.6 Å². The number of alkyl halides is 3. The Morgan fingerprint density at radius 3 is 2.44 bits per heavy atom. The number of halogens is 4. The molecular formula is C11H12F4O. The Morgan fingerprint density at radius 1 is 1.31 bits per heavy atom. The summed E-state index contributed by atoms with van der Waals surface area (Å²) in [5, 5.41) is 0. The maximum atomic E-state index is 12.7. The van der Waals surface area contributed by atoms with Crippen LogP contribution in [0, 0.1) is 5.82 Å². The smallest absolute Gasteiger partial charge is 0.420 e. The van der Waals surface area contributed by atoms with Crippen LogP contribution in [0.1, 0.15) is 25.8 Å². The molecule has 0 amide bonds. The van der Waals surface area contributed by atoms with Crippen molar-refractivity contribution < 1.29 is 22.3 Å². The van der Waals surface area contributed by atoms with Crippen molar-refractivity contribution in [1.29, 1.82) is 0 Å². The second-order valence-corrected chi connectivity index (χ2v) is 3.47. The van der Waals surface area contributed by atoms with Crippen LogP contribution < -0.4 is 4.74 Å². The van der Waals surface area contributed by atoms with E-state index in [1.54, 1.807) is 13.8 Å². The van der Waals surface area contributed by atoms with Crippen molar-refractivity contribution >= 4 is 0 Å². The minimum Gasteiger partial charge on any atom is -0.490 e. The van der Waals surface area contributed by atoms with Gasteiger partial charge in [0.1, 0.15) is 17.1 Å². The van der Waals surface area contributed by atoms with Gasteiger partial charge in [-0.05, 0) is 31.5 Å². The van der Waals surface area contributed by atoms with Crippen LogP contribution in [0.25, 0.3) is 0 Å². The minimum atomic E-state index is -4.61. The monoisotopic (exact) mass is 236 g/mol. The predicted molar refractivity (Wildman–Crippen MR) is 51.8 cm³/mol. The summed E-state index contributed by atoms with van der Waals surface area (Å²) in [6, 6.07) is 2.40. The summed E-state index contributed by atoms with van der Waals surface area (Å²) < 4.78 is 55.4. The third-order valence-corrected chi connectivity index (χ3v) is 2.15. The lowest BCUT2D eigenvalue weighted by Crippen LogP contribution is -2.15. The third-order valence-electron chi connectivity index (χ3n) is 2.15. The van der Waals surface area contributed by atoms with Crippen LogP contribution >= 0.6 is 0 Å². The average Bonchev–Trinajstić information content (AvgIpc) is 2.19. The number of rotatable bonds is 3. The molecule has 0 spiro atoms. The Kier molecular flexibility index (Phi) is 3.78. The first-order valence-corrected chi connectivity index (χ1v) is 4.88. The highest BCUT2D eigenvalue weighted by Gasteiger charge is 2.35. The topological polar surface area (TPSA) is 9.23 Å². The van der Waals surface area contributed by atoms with Gasteiger partial charge in [-0.1, -0.05) is 6.92 Å². The summed E-state index contributed by atoms with van der Waals surface area (Å²) in [7, 11) is 0. The fourth-order valence-corrected chi connectivity index (χ4v) is 1.13. The van der Waals surface area contributed by atoms with Gasteiger partial charge in [-0.2, -0.15) is 13.2 Å². The van der Waals surface area contributed by atoms with Crippen molar-refractivity contribution in [3.63, 3.8) is 0 Å². The fourth-order valence-electron chi connectivity index (χ4n) is 1.13. The van der Waals surface area contributed by atoms with E-state index < -0.39 is 17.6 Å². The average molecular weight is 236 g/mol. The van der Waals surface area contributed by atoms with Crippen LogP contribution in [0.5, 0.6) is 5.75 Å². The Morgan fingerprint density at radius 2 is 1.94 bits per heavy atom. The van der Waals surface area contributed by atoms with Crippen LogP contribution in [-0.2, 0) is 6.18 Å². The first-order valence-electron chi connectivity index (χ1n) is 4.88. The van der Waals surface area contributed by atoms with Gasteiger partial charge in [0.2, 0.25) is 0 Å². The maximum Gasteiger partial charge on any atom is 0.420 e. The fraction of sp³-hybridized carbons (Fsp3) is 0.455. The zero-order valence-corrected chi connectivity index (χ0v) is 8.94. The van der Waals surface area contributed by atoms with Gasteiger partial charge in [0.15, 0.2) is 0 Å². The molecule has 1 aromatic rings. The molecule has 1 unspecified atom stereocenters. The molecule has 16 heavy (non-hydrogen) atoms. The van der Waals surface area contributed by atoms with Crippen LogP contribution in [0.15, 0.2) is 18.2 Å². The van der Waals surface area contributed by atoms with Gasteiger partial charge < -0.3 is 4.74 Å². The van der Waals surface area contributed by atoms with E-state index in [-0.39, 0.29) is 11.9 Å². The van der Waals surface area contributed by atoms with E-state index in [0.29, 0.717) is 12.5 Å². The zero-order valence-electron chi connectivity index (χ0n) is 8.94. The molecule has 0 radical (unpaired) electrons. The minimum absolute atomic E-state index is 0.330. The second kappa shape index (κ2) is 4.72. The highest BCUT2D eigenvalue weighted by molar-refractivity contribution is 5.36. The summed E-state index contributed by atoms with van der Waals surface area (Å²) in [5.74, 6) is -1.26. The van der Waals surface area contributed by atoms with E-state index in [4.69, 9.17) is 4.74 Å². The van der Waals surface area contributed by atoms with Gasteiger partial charge in [-0.15, -0.1) is 0 Å². The molecule has 1 atom stereocenters. The number of ether oxygens (including phenoxy) is 1. The van der Waals surface area contributed by atoms with Crippen LogP contribution in [0.4, 0.5) is 17.6 Å². The summed E-state index contributed by atoms with van der Waals surface area (Å²) >= 11 is 0. The lowest BCUT2D eigenvalue weighted by atomic mass is 10.2. The second-order valence-electron chi connectivity index (χ2n) is 3.47. The quantitative estimate of drug-likeness (QED) is 0.720. The van der Waals surface area contributed by atoms with Gasteiger partial charge in [0.05, 0.1) is 6.10 Å². The molecule has 0 fully saturated rings. The number of hydrogen-bond donors (Lipinski definition) is 0. The molecule has 0 N–H and O–H groups in total. The van der Waals surface area contributed by atoms with Crippen LogP contribution in [0.3, 0.4) is 0 Å². The van der Waals surface area contributed by atoms with E-state index in [1.165, 1.54) is 0 Å². The Labute approximate surface area is 91.0 Å². The Balaban J connectivity index is 3.08. The third kappa shape index (κ3) is 3.12. The maximum absolute atomic E-state index is 12.7. The van der Waals surface area contributed by atoms with E-state index in [1.807, 2.05) is 0 Å². The molecule has 0 saturated heterocycles. The Hall–Kier alpha value is -1.26. The molecule has 1 aromatic carbocycles. The molecule has 0 heterocycles. The SMILES string of the molecule is CCC(C)Oc1ccc(F)cc1C(F)(F)F. The van der Waals surface area contributed by atoms with Gasteiger partial charge in [-0.25, -0.2) is 4.39 Å². The summed E-state index contributed by atoms with van der Waals surface area (Å²) in [6.45, 7) is 3.45. The van der Waals surface area contributed by atoms with Crippen molar-refractivity contribution in [2.24, 2.45) is 0 Å². The standard InChI is InChI=1S/C11H12F4O/c1-3-7(2)16-10-5-4-8(12)6-9(10)11(13,14)15/h4-7H,3H2,1-2H3. The first-order chi connectivity index (χ1) is 7.34. The molecule has 0 bridgehead atoms. The highest BCUT2D eigenvalue weighted by Crippen LogP contribution is 2.37. The van der Waals surface area contributed by atoms with Crippen molar-refractivity contribution in [3.8, 4) is 5.75 Å². The molecule has 90 valence electrons. The van der Waals surface area contributed by atoms with E-state index >= 15 is 0 Å². The molecule has 0 aliphatic heterocycles. The van der Waals surface area contributed by atoms with Gasteiger partial charge in [0, 0.05) is 0 Å². The molecule has 0 saturated carbocycles. The van der Waals surface area contributed by atoms with Crippen LogP contribution in [0.2, 0.25) is 0 Å². The van der Waals surface area contributed by atoms with E-state index in [0.717, 1.165) is 12.1 Å². The molecule has 1 nitrogen and oxygen atoms in total. The molecule has 0 aliphatic rings. The molecular weight excluding hydrogens is 224 g/mol. The molecule has 0 aromatic heterocycles. The number of hydrogen-bond acceptors (Lipinski definition) is 1. The summed E-state index contributed by atoms with van der Waals surface area (Å²) in [6.07, 6.45) is -4.37. The molecule has 5 heteroatoms. The van der Waals surface area contributed by atoms with Crippen molar-refractivity contribution in [1.82, 2.24) is 0 Å². The lowest BCUT2D eigenvalue weighted by Gasteiger charge is -2.17. The summed E-state index contributed by atoms with van der Waals surface area (Å²) in [4.78, 5) is 0. The highest BCUT2D eigenvalue weighted by atomic mass is 19.4. The molecule has 0 aliphatic carbocycles. The van der Waals surface area contributed by atoms with Gasteiger partial charge in [0.25, 0.3) is 0 Å². The zero-order chi connectivity index (χ0) is 12.3. The van der Waals surface area contributed by atoms with Crippen molar-refractivity contribution in [2.75, 3.05) is 0 Å². The van der Waals surface area contributed by atoms with Crippen molar-refractivity contribution in [3.05, 3.63) is 29.6 Å². The predicted octanol–water partition coefficient (Wildman–Crippen LogP) is 4.02. The lowest BCUT2D eigenvalue weighted by molar-refractivity contribution is -0.139. The van der Waals surface area contributed by atoms with E-state index in [2.05, 4.69) is 0 Å². The Bertz CT molecular complexity index is 359. The van der Waals surface area contributed by atoms with Gasteiger partial charge in [-0.3, -0.25) is 0 Å². The largest absolute Gasteiger partial charge is 0.490 e.